The number of benzene rings is 1. The molecule has 2 rings (SSSR count). The standard InChI is InChI=1S/C15H17NS/c1-4-5-10-16-12(3)15-11(2)13-8-6-7-9-14(13)17-15/h1,6-9,12,16H,5,10H2,2-3H3. The first-order valence-corrected chi connectivity index (χ1v) is 6.70. The average molecular weight is 243 g/mol. The van der Waals surface area contributed by atoms with Crippen LogP contribution in [0.1, 0.15) is 29.8 Å². The summed E-state index contributed by atoms with van der Waals surface area (Å²) in [5.41, 5.74) is 1.39. The zero-order valence-corrected chi connectivity index (χ0v) is 11.1. The van der Waals surface area contributed by atoms with Crippen molar-refractivity contribution in [1.29, 1.82) is 0 Å². The summed E-state index contributed by atoms with van der Waals surface area (Å²) in [6.45, 7) is 5.28. The maximum atomic E-state index is 5.26. The Hall–Kier alpha value is -1.30. The van der Waals surface area contributed by atoms with Crippen molar-refractivity contribution in [2.75, 3.05) is 6.54 Å². The fraction of sp³-hybridized carbons (Fsp3) is 0.333. The van der Waals surface area contributed by atoms with E-state index in [0.717, 1.165) is 13.0 Å². The second kappa shape index (κ2) is 5.35. The lowest BCUT2D eigenvalue weighted by molar-refractivity contribution is 0.590. The van der Waals surface area contributed by atoms with Gasteiger partial charge in [-0.1, -0.05) is 18.2 Å². The first kappa shape index (κ1) is 12.2. The fourth-order valence-corrected chi connectivity index (χ4v) is 3.30. The van der Waals surface area contributed by atoms with E-state index in [1.54, 1.807) is 0 Å². The zero-order chi connectivity index (χ0) is 12.3. The smallest absolute Gasteiger partial charge is 0.0389 e. The van der Waals surface area contributed by atoms with Gasteiger partial charge in [0.15, 0.2) is 0 Å². The molecule has 0 aliphatic carbocycles. The van der Waals surface area contributed by atoms with Gasteiger partial charge in [-0.05, 0) is 30.9 Å². The number of hydrogen-bond donors (Lipinski definition) is 1. The zero-order valence-electron chi connectivity index (χ0n) is 10.3. The van der Waals surface area contributed by atoms with E-state index in [1.165, 1.54) is 20.5 Å². The van der Waals surface area contributed by atoms with E-state index < -0.39 is 0 Å². The van der Waals surface area contributed by atoms with Crippen molar-refractivity contribution in [3.8, 4) is 12.3 Å². The summed E-state index contributed by atoms with van der Waals surface area (Å²) in [7, 11) is 0. The Morgan fingerprint density at radius 2 is 2.18 bits per heavy atom. The summed E-state index contributed by atoms with van der Waals surface area (Å²) in [6.07, 6.45) is 6.04. The third-order valence-corrected chi connectivity index (χ3v) is 4.45. The normalized spacial score (nSPS) is 12.5. The molecule has 1 aromatic heterocycles. The van der Waals surface area contributed by atoms with Gasteiger partial charge in [0.1, 0.15) is 0 Å². The predicted molar refractivity (Wildman–Crippen MR) is 76.4 cm³/mol. The number of fused-ring (bicyclic) bond motifs is 1. The van der Waals surface area contributed by atoms with E-state index in [0.29, 0.717) is 6.04 Å². The molecule has 1 atom stereocenters. The maximum absolute atomic E-state index is 5.26. The first-order valence-electron chi connectivity index (χ1n) is 5.89. The number of terminal acetylenes is 1. The van der Waals surface area contributed by atoms with E-state index in [2.05, 4.69) is 49.4 Å². The van der Waals surface area contributed by atoms with Crippen LogP contribution in [0.3, 0.4) is 0 Å². The molecule has 0 saturated heterocycles. The van der Waals surface area contributed by atoms with Crippen LogP contribution in [-0.4, -0.2) is 6.54 Å². The van der Waals surface area contributed by atoms with Crippen LogP contribution in [0.4, 0.5) is 0 Å². The lowest BCUT2D eigenvalue weighted by atomic mass is 10.1. The molecule has 0 aliphatic heterocycles. The molecule has 2 heteroatoms. The monoisotopic (exact) mass is 243 g/mol. The molecule has 2 aromatic rings. The molecule has 0 aliphatic rings. The van der Waals surface area contributed by atoms with Crippen LogP contribution in [0.5, 0.6) is 0 Å². The average Bonchev–Trinajstić information content (AvgIpc) is 2.68. The fourth-order valence-electron chi connectivity index (χ4n) is 2.06. The van der Waals surface area contributed by atoms with Crippen molar-refractivity contribution in [3.63, 3.8) is 0 Å². The molecular weight excluding hydrogens is 226 g/mol. The van der Waals surface area contributed by atoms with E-state index in [-0.39, 0.29) is 0 Å². The Balaban J connectivity index is 2.23. The molecule has 1 aromatic carbocycles. The van der Waals surface area contributed by atoms with Crippen LogP contribution in [0, 0.1) is 19.3 Å². The van der Waals surface area contributed by atoms with Gasteiger partial charge in [-0.25, -0.2) is 0 Å². The molecule has 0 fully saturated rings. The van der Waals surface area contributed by atoms with Crippen LogP contribution < -0.4 is 5.32 Å². The van der Waals surface area contributed by atoms with E-state index in [4.69, 9.17) is 6.42 Å². The maximum Gasteiger partial charge on any atom is 0.0389 e. The van der Waals surface area contributed by atoms with Gasteiger partial charge in [-0.15, -0.1) is 23.7 Å². The SMILES string of the molecule is C#CCCNC(C)c1sc2ccccc2c1C. The summed E-state index contributed by atoms with van der Waals surface area (Å²) in [4.78, 5) is 1.42. The van der Waals surface area contributed by atoms with Crippen molar-refractivity contribution in [2.24, 2.45) is 0 Å². The van der Waals surface area contributed by atoms with Crippen molar-refractivity contribution < 1.29 is 0 Å². The molecule has 0 spiro atoms. The van der Waals surface area contributed by atoms with Gasteiger partial charge in [-0.3, -0.25) is 0 Å². The van der Waals surface area contributed by atoms with Gasteiger partial charge in [0.05, 0.1) is 0 Å². The molecule has 88 valence electrons. The summed E-state index contributed by atoms with van der Waals surface area (Å²) in [6, 6.07) is 8.95. The second-order valence-corrected chi connectivity index (χ2v) is 5.30. The van der Waals surface area contributed by atoms with E-state index in [9.17, 15) is 0 Å². The minimum Gasteiger partial charge on any atom is -0.309 e. The highest BCUT2D eigenvalue weighted by Gasteiger charge is 2.13. The Bertz CT molecular complexity index is 548. The van der Waals surface area contributed by atoms with Gasteiger partial charge in [-0.2, -0.15) is 0 Å². The molecule has 1 N–H and O–H groups in total. The second-order valence-electron chi connectivity index (χ2n) is 4.22. The largest absolute Gasteiger partial charge is 0.309 e. The van der Waals surface area contributed by atoms with E-state index >= 15 is 0 Å². The van der Waals surface area contributed by atoms with Crippen LogP contribution in [0.2, 0.25) is 0 Å². The number of thiophene rings is 1. The van der Waals surface area contributed by atoms with Gasteiger partial charge in [0.25, 0.3) is 0 Å². The molecule has 0 radical (unpaired) electrons. The predicted octanol–water partition coefficient (Wildman–Crippen LogP) is 3.88. The van der Waals surface area contributed by atoms with Crippen molar-refractivity contribution >= 4 is 21.4 Å². The minimum atomic E-state index is 0.376. The van der Waals surface area contributed by atoms with Crippen LogP contribution in [0.25, 0.3) is 10.1 Å². The highest BCUT2D eigenvalue weighted by Crippen LogP contribution is 2.34. The highest BCUT2D eigenvalue weighted by atomic mass is 32.1. The van der Waals surface area contributed by atoms with Crippen LogP contribution in [-0.2, 0) is 0 Å². The molecule has 0 bridgehead atoms. The third kappa shape index (κ3) is 2.52. The summed E-state index contributed by atoms with van der Waals surface area (Å²) >= 11 is 1.88. The van der Waals surface area contributed by atoms with Crippen molar-refractivity contribution in [3.05, 3.63) is 34.7 Å². The number of rotatable bonds is 4. The highest BCUT2D eigenvalue weighted by molar-refractivity contribution is 7.19. The number of nitrogens with one attached hydrogen (secondary N) is 1. The lowest BCUT2D eigenvalue weighted by Gasteiger charge is -2.12. The van der Waals surface area contributed by atoms with E-state index in [1.807, 2.05) is 11.3 Å². The van der Waals surface area contributed by atoms with Gasteiger partial charge in [0.2, 0.25) is 0 Å². The number of aryl methyl sites for hydroxylation is 1. The molecule has 1 heterocycles. The summed E-state index contributed by atoms with van der Waals surface area (Å²) in [5.74, 6) is 2.66. The Morgan fingerprint density at radius 3 is 2.88 bits per heavy atom. The lowest BCUT2D eigenvalue weighted by Crippen LogP contribution is -2.19. The molecule has 17 heavy (non-hydrogen) atoms. The molecule has 1 unspecified atom stereocenters. The third-order valence-electron chi connectivity index (χ3n) is 2.99. The summed E-state index contributed by atoms with van der Waals surface area (Å²) < 4.78 is 1.37. The van der Waals surface area contributed by atoms with Gasteiger partial charge >= 0.3 is 0 Å². The summed E-state index contributed by atoms with van der Waals surface area (Å²) in [5, 5.41) is 4.84. The first-order chi connectivity index (χ1) is 8.24. The Morgan fingerprint density at radius 1 is 1.41 bits per heavy atom. The minimum absolute atomic E-state index is 0.376. The molecule has 1 nitrogen and oxygen atoms in total. The van der Waals surface area contributed by atoms with Gasteiger partial charge < -0.3 is 5.32 Å². The van der Waals surface area contributed by atoms with Crippen LogP contribution in [0.15, 0.2) is 24.3 Å². The Labute approximate surface area is 107 Å². The van der Waals surface area contributed by atoms with Crippen molar-refractivity contribution in [2.45, 2.75) is 26.3 Å². The Kier molecular flexibility index (Phi) is 3.83. The van der Waals surface area contributed by atoms with Crippen molar-refractivity contribution in [1.82, 2.24) is 5.32 Å². The topological polar surface area (TPSA) is 12.0 Å². The number of hydrogen-bond acceptors (Lipinski definition) is 2. The van der Waals surface area contributed by atoms with Gasteiger partial charge in [0, 0.05) is 28.6 Å². The molecule has 0 amide bonds. The van der Waals surface area contributed by atoms with Crippen LogP contribution >= 0.6 is 11.3 Å². The molecular formula is C15H17NS. The quantitative estimate of drug-likeness (QED) is 0.634. The molecule has 0 saturated carbocycles.